The van der Waals surface area contributed by atoms with Gasteiger partial charge >= 0.3 is 0 Å². The first-order valence-corrected chi connectivity index (χ1v) is 6.21. The van der Waals surface area contributed by atoms with Crippen LogP contribution in [0.2, 0.25) is 0 Å². The van der Waals surface area contributed by atoms with Crippen molar-refractivity contribution in [2.24, 2.45) is 0 Å². The van der Waals surface area contributed by atoms with E-state index in [0.717, 1.165) is 0 Å². The highest BCUT2D eigenvalue weighted by Gasteiger charge is 2.26. The van der Waals surface area contributed by atoms with Gasteiger partial charge in [-0.2, -0.15) is 0 Å². The molecular formula is C15H13FN2O2. The van der Waals surface area contributed by atoms with Gasteiger partial charge in [0.05, 0.1) is 12.2 Å². The molecule has 0 unspecified atom stereocenters. The minimum Gasteiger partial charge on any atom is -0.482 e. The zero-order valence-electron chi connectivity index (χ0n) is 10.7. The Hall–Kier alpha value is -2.56. The third-order valence-electron chi connectivity index (χ3n) is 3.21. The van der Waals surface area contributed by atoms with Crippen molar-refractivity contribution in [2.75, 3.05) is 17.2 Å². The van der Waals surface area contributed by atoms with E-state index in [1.807, 2.05) is 0 Å². The van der Waals surface area contributed by atoms with E-state index in [2.05, 4.69) is 0 Å². The lowest BCUT2D eigenvalue weighted by Gasteiger charge is -2.29. The van der Waals surface area contributed by atoms with Crippen LogP contribution in [0.4, 0.5) is 15.8 Å². The molecule has 5 heteroatoms. The van der Waals surface area contributed by atoms with E-state index in [1.165, 1.54) is 11.0 Å². The summed E-state index contributed by atoms with van der Waals surface area (Å²) in [6.07, 6.45) is 0. The molecule has 1 aliphatic rings. The summed E-state index contributed by atoms with van der Waals surface area (Å²) in [4.78, 5) is 13.5. The number of ether oxygens (including phenoxy) is 1. The van der Waals surface area contributed by atoms with Gasteiger partial charge in [0.25, 0.3) is 5.91 Å². The molecule has 2 aromatic rings. The standard InChI is InChI=1S/C15H13FN2O2/c16-12-4-2-1-3-10(12)8-18-13-7-11(17)5-6-14(13)20-9-15(18)19/h1-7H,8-9,17H2. The molecule has 0 spiro atoms. The summed E-state index contributed by atoms with van der Waals surface area (Å²) in [5.74, 6) is 0.0266. The molecule has 0 bridgehead atoms. The fraction of sp³-hybridized carbons (Fsp3) is 0.133. The summed E-state index contributed by atoms with van der Waals surface area (Å²) >= 11 is 0. The summed E-state index contributed by atoms with van der Waals surface area (Å²) < 4.78 is 19.1. The Labute approximate surface area is 115 Å². The third-order valence-corrected chi connectivity index (χ3v) is 3.21. The van der Waals surface area contributed by atoms with E-state index in [1.54, 1.807) is 36.4 Å². The fourth-order valence-electron chi connectivity index (χ4n) is 2.19. The van der Waals surface area contributed by atoms with Crippen LogP contribution in [0.25, 0.3) is 0 Å². The number of halogens is 1. The zero-order chi connectivity index (χ0) is 14.1. The molecule has 4 nitrogen and oxygen atoms in total. The molecule has 102 valence electrons. The minimum atomic E-state index is -0.336. The van der Waals surface area contributed by atoms with Crippen molar-refractivity contribution in [1.29, 1.82) is 0 Å². The highest BCUT2D eigenvalue weighted by atomic mass is 19.1. The number of anilines is 2. The van der Waals surface area contributed by atoms with Gasteiger partial charge in [-0.05, 0) is 24.3 Å². The lowest BCUT2D eigenvalue weighted by molar-refractivity contribution is -0.121. The van der Waals surface area contributed by atoms with Gasteiger partial charge < -0.3 is 15.4 Å². The topological polar surface area (TPSA) is 55.6 Å². The first-order valence-electron chi connectivity index (χ1n) is 6.21. The smallest absolute Gasteiger partial charge is 0.265 e. The second-order valence-corrected chi connectivity index (χ2v) is 4.59. The summed E-state index contributed by atoms with van der Waals surface area (Å²) in [5, 5.41) is 0. The molecule has 0 aliphatic carbocycles. The normalized spacial score (nSPS) is 13.8. The molecule has 20 heavy (non-hydrogen) atoms. The molecule has 2 N–H and O–H groups in total. The van der Waals surface area contributed by atoms with Gasteiger partial charge in [-0.25, -0.2) is 4.39 Å². The van der Waals surface area contributed by atoms with Gasteiger partial charge in [0, 0.05) is 11.3 Å². The SMILES string of the molecule is Nc1ccc2c(c1)N(Cc1ccccc1F)C(=O)CO2. The van der Waals surface area contributed by atoms with Gasteiger partial charge in [-0.15, -0.1) is 0 Å². The first kappa shape index (κ1) is 12.5. The van der Waals surface area contributed by atoms with Gasteiger partial charge in [-0.1, -0.05) is 18.2 Å². The predicted molar refractivity (Wildman–Crippen MR) is 73.9 cm³/mol. The van der Waals surface area contributed by atoms with Crippen molar-refractivity contribution >= 4 is 17.3 Å². The second-order valence-electron chi connectivity index (χ2n) is 4.59. The number of carbonyl (C=O) groups excluding carboxylic acids is 1. The van der Waals surface area contributed by atoms with Crippen molar-refractivity contribution in [3.8, 4) is 5.75 Å². The molecule has 0 radical (unpaired) electrons. The molecular weight excluding hydrogens is 259 g/mol. The van der Waals surface area contributed by atoms with E-state index in [0.29, 0.717) is 22.7 Å². The summed E-state index contributed by atoms with van der Waals surface area (Å²) in [6, 6.07) is 11.5. The van der Waals surface area contributed by atoms with Crippen LogP contribution in [-0.4, -0.2) is 12.5 Å². The number of carbonyl (C=O) groups is 1. The molecule has 1 aliphatic heterocycles. The first-order chi connectivity index (χ1) is 9.65. The number of benzene rings is 2. The highest BCUT2D eigenvalue weighted by Crippen LogP contribution is 2.34. The Morgan fingerprint density at radius 2 is 2.05 bits per heavy atom. The van der Waals surface area contributed by atoms with Crippen LogP contribution >= 0.6 is 0 Å². The van der Waals surface area contributed by atoms with Crippen LogP contribution in [0.5, 0.6) is 5.75 Å². The van der Waals surface area contributed by atoms with E-state index in [-0.39, 0.29) is 24.9 Å². The van der Waals surface area contributed by atoms with E-state index < -0.39 is 0 Å². The summed E-state index contributed by atoms with van der Waals surface area (Å²) in [6.45, 7) is 0.108. The van der Waals surface area contributed by atoms with Crippen LogP contribution in [0, 0.1) is 5.82 Å². The van der Waals surface area contributed by atoms with Crippen LogP contribution in [0.15, 0.2) is 42.5 Å². The average Bonchev–Trinajstić information content (AvgIpc) is 2.44. The van der Waals surface area contributed by atoms with E-state index in [4.69, 9.17) is 10.5 Å². The van der Waals surface area contributed by atoms with Crippen LogP contribution in [-0.2, 0) is 11.3 Å². The zero-order valence-corrected chi connectivity index (χ0v) is 10.7. The largest absolute Gasteiger partial charge is 0.482 e. The quantitative estimate of drug-likeness (QED) is 0.854. The number of fused-ring (bicyclic) bond motifs is 1. The summed E-state index contributed by atoms with van der Waals surface area (Å²) in [7, 11) is 0. The molecule has 1 heterocycles. The maximum absolute atomic E-state index is 13.7. The van der Waals surface area contributed by atoms with Gasteiger partial charge in [0.15, 0.2) is 6.61 Å². The number of rotatable bonds is 2. The molecule has 1 amide bonds. The van der Waals surface area contributed by atoms with E-state index >= 15 is 0 Å². The van der Waals surface area contributed by atoms with Gasteiger partial charge in [0.2, 0.25) is 0 Å². The van der Waals surface area contributed by atoms with Crippen LogP contribution in [0.1, 0.15) is 5.56 Å². The number of nitrogen functional groups attached to an aromatic ring is 1. The molecule has 0 fully saturated rings. The minimum absolute atomic E-state index is 0.0502. The Bertz CT molecular complexity index is 673. The van der Waals surface area contributed by atoms with Gasteiger partial charge in [-0.3, -0.25) is 4.79 Å². The fourth-order valence-corrected chi connectivity index (χ4v) is 2.19. The molecule has 0 aromatic heterocycles. The van der Waals surface area contributed by atoms with Gasteiger partial charge in [0.1, 0.15) is 11.6 Å². The summed E-state index contributed by atoms with van der Waals surface area (Å²) in [5.41, 5.74) is 7.30. The monoisotopic (exact) mass is 272 g/mol. The number of nitrogens with two attached hydrogens (primary N) is 1. The van der Waals surface area contributed by atoms with Crippen LogP contribution in [0.3, 0.4) is 0 Å². The van der Waals surface area contributed by atoms with E-state index in [9.17, 15) is 9.18 Å². The Balaban J connectivity index is 1.99. The number of hydrogen-bond donors (Lipinski definition) is 1. The number of amides is 1. The second kappa shape index (κ2) is 4.85. The molecule has 0 atom stereocenters. The van der Waals surface area contributed by atoms with Crippen molar-refractivity contribution < 1.29 is 13.9 Å². The third kappa shape index (κ3) is 2.18. The number of hydrogen-bond acceptors (Lipinski definition) is 3. The van der Waals surface area contributed by atoms with Crippen LogP contribution < -0.4 is 15.4 Å². The number of nitrogens with zero attached hydrogens (tertiary/aromatic N) is 1. The molecule has 2 aromatic carbocycles. The molecule has 0 saturated carbocycles. The maximum Gasteiger partial charge on any atom is 0.265 e. The van der Waals surface area contributed by atoms with Crippen molar-refractivity contribution in [2.45, 2.75) is 6.54 Å². The van der Waals surface area contributed by atoms with Crippen molar-refractivity contribution in [3.63, 3.8) is 0 Å². The van der Waals surface area contributed by atoms with Crippen molar-refractivity contribution in [3.05, 3.63) is 53.8 Å². The molecule has 0 saturated heterocycles. The Morgan fingerprint density at radius 3 is 2.85 bits per heavy atom. The average molecular weight is 272 g/mol. The predicted octanol–water partition coefficient (Wildman–Crippen LogP) is 2.33. The Morgan fingerprint density at radius 1 is 1.25 bits per heavy atom. The highest BCUT2D eigenvalue weighted by molar-refractivity contribution is 5.98. The lowest BCUT2D eigenvalue weighted by atomic mass is 10.1. The molecule has 3 rings (SSSR count). The Kier molecular flexibility index (Phi) is 3.02. The maximum atomic E-state index is 13.7. The van der Waals surface area contributed by atoms with Crippen molar-refractivity contribution in [1.82, 2.24) is 0 Å². The lowest BCUT2D eigenvalue weighted by Crippen LogP contribution is -2.38.